The summed E-state index contributed by atoms with van der Waals surface area (Å²) in [5.41, 5.74) is 7.88. The van der Waals surface area contributed by atoms with Gasteiger partial charge in [0.2, 0.25) is 0 Å². The number of nitrogens with one attached hydrogen (secondary N) is 1. The molecule has 4 N–H and O–H groups in total. The zero-order chi connectivity index (χ0) is 12.5. The fraction of sp³-hybridized carbons (Fsp3) is 0.308. The highest BCUT2D eigenvalue weighted by Gasteiger charge is 2.17. The fourth-order valence-corrected chi connectivity index (χ4v) is 1.71. The Morgan fingerprint density at radius 2 is 2.12 bits per heavy atom. The second-order valence-corrected chi connectivity index (χ2v) is 4.77. The molecule has 4 heteroatoms. The van der Waals surface area contributed by atoms with Crippen LogP contribution >= 0.6 is 0 Å². The van der Waals surface area contributed by atoms with Crippen LogP contribution in [0, 0.1) is 0 Å². The largest absolute Gasteiger partial charge is 0.397 e. The molecule has 1 heterocycles. The van der Waals surface area contributed by atoms with Gasteiger partial charge in [-0.15, -0.1) is 0 Å². The van der Waals surface area contributed by atoms with Gasteiger partial charge in [0.25, 0.3) is 0 Å². The number of nitrogens with two attached hydrogens (primary N) is 1. The molecule has 0 spiro atoms. The smallest absolute Gasteiger partial charge is 0.0951 e. The van der Waals surface area contributed by atoms with Gasteiger partial charge in [-0.1, -0.05) is 12.1 Å². The molecule has 0 amide bonds. The third-order valence-corrected chi connectivity index (χ3v) is 2.67. The molecule has 4 nitrogen and oxygen atoms in total. The number of fused-ring (bicyclic) bond motifs is 1. The van der Waals surface area contributed by atoms with Crippen molar-refractivity contribution in [2.45, 2.75) is 19.4 Å². The third-order valence-electron chi connectivity index (χ3n) is 2.67. The standard InChI is InChI=1S/C13H17N3O/c1-13(2,8-17)16-11-6-7-15-12-9(11)4-3-5-10(12)14/h3-7,17H,8,14H2,1-2H3,(H,15,16). The molecule has 2 rings (SSSR count). The number of pyridine rings is 1. The monoisotopic (exact) mass is 231 g/mol. The summed E-state index contributed by atoms with van der Waals surface area (Å²) in [6.07, 6.45) is 1.72. The lowest BCUT2D eigenvalue weighted by Crippen LogP contribution is -2.34. The molecule has 0 radical (unpaired) electrons. The van der Waals surface area contributed by atoms with Crippen molar-refractivity contribution in [2.75, 3.05) is 17.7 Å². The Bertz CT molecular complexity index is 537. The van der Waals surface area contributed by atoms with Crippen LogP contribution in [0.25, 0.3) is 10.9 Å². The summed E-state index contributed by atoms with van der Waals surface area (Å²) in [5.74, 6) is 0. The number of benzene rings is 1. The van der Waals surface area contributed by atoms with E-state index < -0.39 is 0 Å². The van der Waals surface area contributed by atoms with Gasteiger partial charge in [-0.25, -0.2) is 0 Å². The van der Waals surface area contributed by atoms with E-state index in [-0.39, 0.29) is 12.1 Å². The Morgan fingerprint density at radius 1 is 1.35 bits per heavy atom. The average Bonchev–Trinajstić information content (AvgIpc) is 2.30. The molecule has 0 aliphatic heterocycles. The van der Waals surface area contributed by atoms with Crippen LogP contribution in [0.5, 0.6) is 0 Å². The summed E-state index contributed by atoms with van der Waals surface area (Å²) >= 11 is 0. The SMILES string of the molecule is CC(C)(CO)Nc1ccnc2c(N)cccc12. The van der Waals surface area contributed by atoms with E-state index in [9.17, 15) is 5.11 Å². The van der Waals surface area contributed by atoms with Crippen molar-refractivity contribution in [3.8, 4) is 0 Å². The van der Waals surface area contributed by atoms with Crippen molar-refractivity contribution in [1.29, 1.82) is 0 Å². The lowest BCUT2D eigenvalue weighted by molar-refractivity contribution is 0.234. The minimum Gasteiger partial charge on any atom is -0.397 e. The van der Waals surface area contributed by atoms with Crippen molar-refractivity contribution in [3.05, 3.63) is 30.5 Å². The van der Waals surface area contributed by atoms with E-state index in [0.29, 0.717) is 5.69 Å². The Kier molecular flexibility index (Phi) is 2.90. The molecule has 17 heavy (non-hydrogen) atoms. The number of hydrogen-bond acceptors (Lipinski definition) is 4. The number of nitrogen functional groups attached to an aromatic ring is 1. The Hall–Kier alpha value is -1.81. The Morgan fingerprint density at radius 3 is 2.82 bits per heavy atom. The van der Waals surface area contributed by atoms with Gasteiger partial charge in [0, 0.05) is 17.3 Å². The van der Waals surface area contributed by atoms with Crippen LogP contribution in [0.15, 0.2) is 30.5 Å². The summed E-state index contributed by atoms with van der Waals surface area (Å²) in [4.78, 5) is 4.27. The van der Waals surface area contributed by atoms with Crippen LogP contribution < -0.4 is 11.1 Å². The zero-order valence-electron chi connectivity index (χ0n) is 10.1. The molecule has 0 bridgehead atoms. The quantitative estimate of drug-likeness (QED) is 0.706. The molecular formula is C13H17N3O. The van der Waals surface area contributed by atoms with Crippen LogP contribution in [0.3, 0.4) is 0 Å². The second kappa shape index (κ2) is 4.22. The van der Waals surface area contributed by atoms with Gasteiger partial charge >= 0.3 is 0 Å². The fourth-order valence-electron chi connectivity index (χ4n) is 1.71. The number of nitrogens with zero attached hydrogens (tertiary/aromatic N) is 1. The number of rotatable bonds is 3. The van der Waals surface area contributed by atoms with E-state index in [0.717, 1.165) is 16.6 Å². The van der Waals surface area contributed by atoms with E-state index >= 15 is 0 Å². The van der Waals surface area contributed by atoms with Gasteiger partial charge in [-0.3, -0.25) is 4.98 Å². The predicted octanol–water partition coefficient (Wildman–Crippen LogP) is 2.00. The second-order valence-electron chi connectivity index (χ2n) is 4.77. The maximum atomic E-state index is 9.28. The van der Waals surface area contributed by atoms with Crippen LogP contribution in [0.4, 0.5) is 11.4 Å². The highest BCUT2D eigenvalue weighted by atomic mass is 16.3. The van der Waals surface area contributed by atoms with Crippen molar-refractivity contribution in [1.82, 2.24) is 4.98 Å². The summed E-state index contributed by atoms with van der Waals surface area (Å²) in [7, 11) is 0. The summed E-state index contributed by atoms with van der Waals surface area (Å²) < 4.78 is 0. The van der Waals surface area contributed by atoms with E-state index in [1.54, 1.807) is 6.20 Å². The molecule has 1 aromatic heterocycles. The first kappa shape index (κ1) is 11.7. The topological polar surface area (TPSA) is 71.2 Å². The van der Waals surface area contributed by atoms with Crippen molar-refractivity contribution in [3.63, 3.8) is 0 Å². The van der Waals surface area contributed by atoms with Gasteiger partial charge in [-0.2, -0.15) is 0 Å². The number of aliphatic hydroxyl groups excluding tert-OH is 1. The van der Waals surface area contributed by atoms with E-state index in [1.807, 2.05) is 38.1 Å². The molecule has 0 saturated carbocycles. The number of anilines is 2. The van der Waals surface area contributed by atoms with Crippen LogP contribution in [-0.4, -0.2) is 22.2 Å². The van der Waals surface area contributed by atoms with Crippen molar-refractivity contribution >= 4 is 22.3 Å². The maximum Gasteiger partial charge on any atom is 0.0951 e. The van der Waals surface area contributed by atoms with Gasteiger partial charge < -0.3 is 16.2 Å². The third kappa shape index (κ3) is 2.31. The Balaban J connectivity index is 2.52. The molecule has 0 saturated heterocycles. The number of aliphatic hydroxyl groups is 1. The zero-order valence-corrected chi connectivity index (χ0v) is 10.1. The van der Waals surface area contributed by atoms with E-state index in [1.165, 1.54) is 0 Å². The number of hydrogen-bond donors (Lipinski definition) is 3. The summed E-state index contributed by atoms with van der Waals surface area (Å²) in [5, 5.41) is 13.5. The summed E-state index contributed by atoms with van der Waals surface area (Å²) in [6.45, 7) is 3.93. The Labute approximate surface area is 100 Å². The molecule has 90 valence electrons. The van der Waals surface area contributed by atoms with Crippen LogP contribution in [-0.2, 0) is 0 Å². The molecule has 0 aliphatic rings. The van der Waals surface area contributed by atoms with Crippen LogP contribution in [0.2, 0.25) is 0 Å². The highest BCUT2D eigenvalue weighted by molar-refractivity contribution is 5.97. The first-order valence-electron chi connectivity index (χ1n) is 5.56. The molecule has 0 unspecified atom stereocenters. The molecule has 0 fully saturated rings. The predicted molar refractivity (Wildman–Crippen MR) is 70.9 cm³/mol. The van der Waals surface area contributed by atoms with Crippen LogP contribution in [0.1, 0.15) is 13.8 Å². The molecule has 1 aromatic carbocycles. The summed E-state index contributed by atoms with van der Waals surface area (Å²) in [6, 6.07) is 7.58. The molecule has 0 atom stereocenters. The van der Waals surface area contributed by atoms with Gasteiger partial charge in [-0.05, 0) is 26.0 Å². The lowest BCUT2D eigenvalue weighted by Gasteiger charge is -2.25. The van der Waals surface area contributed by atoms with Gasteiger partial charge in [0.05, 0.1) is 23.3 Å². The minimum atomic E-state index is -0.376. The minimum absolute atomic E-state index is 0.0547. The number of aromatic nitrogens is 1. The van der Waals surface area contributed by atoms with E-state index in [4.69, 9.17) is 5.73 Å². The lowest BCUT2D eigenvalue weighted by atomic mass is 10.1. The van der Waals surface area contributed by atoms with Gasteiger partial charge in [0.1, 0.15) is 0 Å². The van der Waals surface area contributed by atoms with Crippen molar-refractivity contribution < 1.29 is 5.11 Å². The van der Waals surface area contributed by atoms with Crippen molar-refractivity contribution in [2.24, 2.45) is 0 Å². The average molecular weight is 231 g/mol. The normalized spacial score (nSPS) is 11.7. The van der Waals surface area contributed by atoms with Gasteiger partial charge in [0.15, 0.2) is 0 Å². The molecule has 2 aromatic rings. The maximum absolute atomic E-state index is 9.28. The number of para-hydroxylation sites is 1. The molecule has 0 aliphatic carbocycles. The first-order chi connectivity index (χ1) is 8.03. The highest BCUT2D eigenvalue weighted by Crippen LogP contribution is 2.27. The van der Waals surface area contributed by atoms with E-state index in [2.05, 4.69) is 10.3 Å². The first-order valence-corrected chi connectivity index (χ1v) is 5.56. The molecular weight excluding hydrogens is 214 g/mol.